The SMILES string of the molecule is C[S+](C)CCOCn1c(C(=O)c2cnn(-c3ccc(Oc4ccccc4F)nc3)c2N)cc2cc(C(=O)N3CCOCC3)ccc21. The Morgan fingerprint density at radius 2 is 1.85 bits per heavy atom. The number of nitrogen functional groups attached to an aromatic ring is 1. The van der Waals surface area contributed by atoms with Crippen molar-refractivity contribution in [2.75, 3.05) is 56.9 Å². The Hall–Kier alpha value is -4.72. The van der Waals surface area contributed by atoms with Crippen LogP contribution >= 0.6 is 0 Å². The fourth-order valence-corrected chi connectivity index (χ4v) is 5.59. The first-order chi connectivity index (χ1) is 22.3. The van der Waals surface area contributed by atoms with Gasteiger partial charge in [0.25, 0.3) is 5.91 Å². The van der Waals surface area contributed by atoms with Gasteiger partial charge in [-0.2, -0.15) is 5.10 Å². The molecule has 4 heterocycles. The Balaban J connectivity index is 1.28. The van der Waals surface area contributed by atoms with E-state index < -0.39 is 5.82 Å². The maximum absolute atomic E-state index is 14.0. The standard InChI is InChI=1S/C33H33FN6O5S/c1-46(2)16-15-44-21-39-27-9-7-22(33(42)38-11-13-43-14-12-38)17-23(27)18-28(39)31(41)25-20-37-40(32(25)35)24-8-10-30(36-19-24)45-29-6-4-3-5-26(29)34/h3-10,17-20H,11-16,21H2,1-2H3,(H-,35,37,41)/p+1. The topological polar surface area (TPSA) is 127 Å². The van der Waals surface area contributed by atoms with Crippen molar-refractivity contribution in [3.63, 3.8) is 0 Å². The molecular formula is C33H34FN6O5S+. The van der Waals surface area contributed by atoms with Crippen molar-refractivity contribution in [1.29, 1.82) is 0 Å². The van der Waals surface area contributed by atoms with Gasteiger partial charge in [-0.05, 0) is 53.4 Å². The molecule has 46 heavy (non-hydrogen) atoms. The quantitative estimate of drug-likeness (QED) is 0.128. The molecule has 2 N–H and O–H groups in total. The summed E-state index contributed by atoms with van der Waals surface area (Å²) >= 11 is 0. The second kappa shape index (κ2) is 13.7. The number of fused-ring (bicyclic) bond motifs is 1. The molecule has 238 valence electrons. The van der Waals surface area contributed by atoms with Crippen LogP contribution in [0.1, 0.15) is 26.4 Å². The number of carbonyl (C=O) groups is 2. The zero-order valence-corrected chi connectivity index (χ0v) is 26.3. The molecule has 1 amide bonds. The third-order valence-electron chi connectivity index (χ3n) is 7.60. The normalized spacial score (nSPS) is 13.4. The fraction of sp³-hybridized carbons (Fsp3) is 0.273. The molecule has 0 spiro atoms. The lowest BCUT2D eigenvalue weighted by Gasteiger charge is -2.26. The van der Waals surface area contributed by atoms with Crippen LogP contribution in [-0.2, 0) is 27.1 Å². The van der Waals surface area contributed by atoms with Gasteiger partial charge in [-0.25, -0.2) is 14.1 Å². The van der Waals surface area contributed by atoms with Crippen LogP contribution in [-0.4, -0.2) is 87.1 Å². The average molecular weight is 646 g/mol. The van der Waals surface area contributed by atoms with Crippen LogP contribution in [0.25, 0.3) is 16.6 Å². The van der Waals surface area contributed by atoms with Crippen molar-refractivity contribution < 1.29 is 28.2 Å². The summed E-state index contributed by atoms with van der Waals surface area (Å²) in [5, 5.41) is 5.09. The number of amides is 1. The molecule has 1 fully saturated rings. The van der Waals surface area contributed by atoms with Gasteiger partial charge in [-0.3, -0.25) is 9.59 Å². The number of para-hydroxylation sites is 1. The van der Waals surface area contributed by atoms with Gasteiger partial charge in [0, 0.05) is 30.1 Å². The summed E-state index contributed by atoms with van der Waals surface area (Å²) in [6.07, 6.45) is 7.19. The molecule has 11 nitrogen and oxygen atoms in total. The number of rotatable bonds is 11. The summed E-state index contributed by atoms with van der Waals surface area (Å²) < 4.78 is 34.1. The van der Waals surface area contributed by atoms with Gasteiger partial charge in [0.15, 0.2) is 11.6 Å². The van der Waals surface area contributed by atoms with Crippen molar-refractivity contribution in [2.24, 2.45) is 0 Å². The molecule has 0 bridgehead atoms. The van der Waals surface area contributed by atoms with E-state index in [-0.39, 0.29) is 52.3 Å². The summed E-state index contributed by atoms with van der Waals surface area (Å²) in [6.45, 7) is 2.78. The highest BCUT2D eigenvalue weighted by atomic mass is 32.2. The van der Waals surface area contributed by atoms with Gasteiger partial charge in [-0.1, -0.05) is 12.1 Å². The number of nitrogens with zero attached hydrogens (tertiary/aromatic N) is 5. The summed E-state index contributed by atoms with van der Waals surface area (Å²) in [4.78, 5) is 33.2. The molecule has 6 rings (SSSR count). The van der Waals surface area contributed by atoms with E-state index in [0.29, 0.717) is 49.9 Å². The zero-order valence-electron chi connectivity index (χ0n) is 25.5. The van der Waals surface area contributed by atoms with E-state index in [1.807, 2.05) is 6.07 Å². The largest absolute Gasteiger partial charge is 0.436 e. The summed E-state index contributed by atoms with van der Waals surface area (Å²) in [5.41, 5.74) is 8.81. The Labute approximate surface area is 268 Å². The Morgan fingerprint density at radius 1 is 1.04 bits per heavy atom. The minimum atomic E-state index is -0.504. The van der Waals surface area contributed by atoms with Crippen LogP contribution in [0.4, 0.5) is 10.2 Å². The molecule has 1 aliphatic rings. The van der Waals surface area contributed by atoms with Crippen LogP contribution in [0.3, 0.4) is 0 Å². The van der Waals surface area contributed by atoms with E-state index in [1.165, 1.54) is 29.2 Å². The second-order valence-electron chi connectivity index (χ2n) is 10.9. The first-order valence-corrected chi connectivity index (χ1v) is 16.9. The second-order valence-corrected chi connectivity index (χ2v) is 13.3. The molecule has 0 saturated carbocycles. The smallest absolute Gasteiger partial charge is 0.254 e. The van der Waals surface area contributed by atoms with Crippen molar-refractivity contribution in [1.82, 2.24) is 24.2 Å². The van der Waals surface area contributed by atoms with Crippen LogP contribution < -0.4 is 10.5 Å². The van der Waals surface area contributed by atoms with Crippen molar-refractivity contribution in [2.45, 2.75) is 6.73 Å². The molecule has 0 aliphatic carbocycles. The number of nitrogens with two attached hydrogens (primary N) is 1. The lowest BCUT2D eigenvalue weighted by atomic mass is 10.1. The summed E-state index contributed by atoms with van der Waals surface area (Å²) in [6, 6.07) is 16.4. The minimum absolute atomic E-state index is 0.0517. The highest BCUT2D eigenvalue weighted by Crippen LogP contribution is 2.28. The van der Waals surface area contributed by atoms with Crippen LogP contribution in [0.5, 0.6) is 11.6 Å². The number of ether oxygens (including phenoxy) is 3. The lowest BCUT2D eigenvalue weighted by molar-refractivity contribution is 0.0303. The molecule has 1 aliphatic heterocycles. The Morgan fingerprint density at radius 3 is 2.59 bits per heavy atom. The van der Waals surface area contributed by atoms with Gasteiger partial charge >= 0.3 is 0 Å². The number of morpholine rings is 1. The Bertz CT molecular complexity index is 1870. The first-order valence-electron chi connectivity index (χ1n) is 14.7. The highest BCUT2D eigenvalue weighted by molar-refractivity contribution is 7.95. The predicted octanol–water partition coefficient (Wildman–Crippen LogP) is 4.29. The van der Waals surface area contributed by atoms with E-state index in [2.05, 4.69) is 22.6 Å². The summed E-state index contributed by atoms with van der Waals surface area (Å²) in [5.74, 6) is 0.332. The van der Waals surface area contributed by atoms with Gasteiger partial charge in [0.05, 0.1) is 67.2 Å². The van der Waals surface area contributed by atoms with Crippen molar-refractivity contribution in [3.8, 4) is 17.3 Å². The third-order valence-corrected chi connectivity index (χ3v) is 8.59. The van der Waals surface area contributed by atoms with E-state index in [4.69, 9.17) is 19.9 Å². The molecule has 0 unspecified atom stereocenters. The average Bonchev–Trinajstić information content (AvgIpc) is 3.64. The van der Waals surface area contributed by atoms with Crippen LogP contribution in [0, 0.1) is 5.82 Å². The number of ketones is 1. The van der Waals surface area contributed by atoms with Crippen LogP contribution in [0.15, 0.2) is 73.1 Å². The number of anilines is 1. The fourth-order valence-electron chi connectivity index (χ4n) is 5.14. The third kappa shape index (κ3) is 6.62. The number of hydrogen-bond acceptors (Lipinski definition) is 8. The first kappa shape index (κ1) is 31.3. The number of halogens is 1. The molecule has 5 aromatic rings. The van der Waals surface area contributed by atoms with Crippen molar-refractivity contribution in [3.05, 3.63) is 95.7 Å². The maximum Gasteiger partial charge on any atom is 0.254 e. The monoisotopic (exact) mass is 645 g/mol. The minimum Gasteiger partial charge on any atom is -0.436 e. The molecule has 0 atom stereocenters. The predicted molar refractivity (Wildman–Crippen MR) is 174 cm³/mol. The van der Waals surface area contributed by atoms with Crippen molar-refractivity contribution >= 4 is 39.3 Å². The van der Waals surface area contributed by atoms with E-state index >= 15 is 0 Å². The number of benzene rings is 2. The van der Waals surface area contributed by atoms with Gasteiger partial charge in [-0.15, -0.1) is 0 Å². The number of pyridine rings is 1. The lowest BCUT2D eigenvalue weighted by Crippen LogP contribution is -2.40. The molecule has 2 aromatic carbocycles. The number of hydrogen-bond donors (Lipinski definition) is 1. The summed E-state index contributed by atoms with van der Waals surface area (Å²) in [7, 11) is 0.213. The molecule has 3 aromatic heterocycles. The Kier molecular flexibility index (Phi) is 9.33. The van der Waals surface area contributed by atoms with E-state index in [1.54, 1.807) is 51.9 Å². The zero-order chi connectivity index (χ0) is 32.2. The van der Waals surface area contributed by atoms with Gasteiger partial charge in [0.2, 0.25) is 11.7 Å². The number of carbonyl (C=O) groups excluding carboxylic acids is 2. The van der Waals surface area contributed by atoms with Gasteiger partial charge < -0.3 is 29.4 Å². The molecular weight excluding hydrogens is 611 g/mol. The van der Waals surface area contributed by atoms with Crippen LogP contribution in [0.2, 0.25) is 0 Å². The molecule has 1 saturated heterocycles. The van der Waals surface area contributed by atoms with E-state index in [0.717, 1.165) is 16.7 Å². The van der Waals surface area contributed by atoms with Gasteiger partial charge in [0.1, 0.15) is 18.3 Å². The van der Waals surface area contributed by atoms with E-state index in [9.17, 15) is 14.0 Å². The maximum atomic E-state index is 14.0. The molecule has 0 radical (unpaired) electrons. The number of aromatic nitrogens is 4. The highest BCUT2D eigenvalue weighted by Gasteiger charge is 2.25. The molecule has 13 heteroatoms.